The molecule has 34 heavy (non-hydrogen) atoms. The Morgan fingerprint density at radius 1 is 1.15 bits per heavy atom. The quantitative estimate of drug-likeness (QED) is 0.193. The third-order valence-electron chi connectivity index (χ3n) is 6.92. The van der Waals surface area contributed by atoms with Crippen LogP contribution >= 0.6 is 11.6 Å². The first-order valence-corrected chi connectivity index (χ1v) is 12.0. The van der Waals surface area contributed by atoms with Crippen molar-refractivity contribution in [2.24, 2.45) is 22.7 Å². The maximum Gasteiger partial charge on any atom is 0.317 e. The van der Waals surface area contributed by atoms with Gasteiger partial charge in [0, 0.05) is 41.6 Å². The zero-order chi connectivity index (χ0) is 23.7. The largest absolute Gasteiger partial charge is 0.328 e. The Balaban J connectivity index is 1.31. The topological polar surface area (TPSA) is 127 Å². The van der Waals surface area contributed by atoms with Gasteiger partial charge in [0.25, 0.3) is 0 Å². The molecule has 2 fully saturated rings. The third-order valence-corrected chi connectivity index (χ3v) is 7.17. The lowest BCUT2D eigenvalue weighted by molar-refractivity contribution is 0.179. The minimum atomic E-state index is -0.273. The van der Waals surface area contributed by atoms with E-state index in [9.17, 15) is 4.79 Å². The van der Waals surface area contributed by atoms with Gasteiger partial charge in [-0.05, 0) is 73.4 Å². The summed E-state index contributed by atoms with van der Waals surface area (Å²) in [7, 11) is 0. The maximum atomic E-state index is 13.0. The summed E-state index contributed by atoms with van der Waals surface area (Å²) >= 11 is 6.09. The predicted molar refractivity (Wildman–Crippen MR) is 134 cm³/mol. The Morgan fingerprint density at radius 3 is 2.53 bits per heavy atom. The zero-order valence-electron chi connectivity index (χ0n) is 18.8. The molecule has 5 rings (SSSR count). The van der Waals surface area contributed by atoms with Crippen molar-refractivity contribution in [1.29, 1.82) is 0 Å². The number of amides is 2. The number of nitrogens with one attached hydrogen (secondary N) is 2. The van der Waals surface area contributed by atoms with Crippen LogP contribution in [-0.2, 0) is 0 Å². The summed E-state index contributed by atoms with van der Waals surface area (Å²) in [5.41, 5.74) is 5.92. The van der Waals surface area contributed by atoms with Crippen LogP contribution in [0.4, 0.5) is 4.79 Å². The number of nitrogens with two attached hydrogens (primary N) is 2. The van der Waals surface area contributed by atoms with Gasteiger partial charge in [-0.25, -0.2) is 10.6 Å². The first kappa shape index (κ1) is 22.5. The molecular formula is C24H29ClN8O. The molecule has 2 aromatic heterocycles. The molecule has 3 heterocycles. The first-order chi connectivity index (χ1) is 16.6. The van der Waals surface area contributed by atoms with E-state index >= 15 is 0 Å². The van der Waals surface area contributed by atoms with E-state index in [4.69, 9.17) is 23.3 Å². The van der Waals surface area contributed by atoms with Crippen LogP contribution < -0.4 is 22.4 Å². The number of carbonyl (C=O) groups excluding carboxylic acids is 1. The minimum absolute atomic E-state index is 0.0976. The molecule has 9 nitrogen and oxygen atoms in total. The predicted octanol–water partition coefficient (Wildman–Crippen LogP) is 3.08. The fraction of sp³-hybridized carbons (Fsp3) is 0.375. The van der Waals surface area contributed by atoms with Crippen LogP contribution in [0.15, 0.2) is 54.0 Å². The molecule has 3 aromatic rings. The number of hydrazone groups is 1. The Hall–Kier alpha value is -3.30. The summed E-state index contributed by atoms with van der Waals surface area (Å²) < 4.78 is 2.17. The van der Waals surface area contributed by atoms with E-state index in [1.807, 2.05) is 41.6 Å². The summed E-state index contributed by atoms with van der Waals surface area (Å²) in [5, 5.41) is 8.69. The van der Waals surface area contributed by atoms with Crippen molar-refractivity contribution in [2.45, 2.75) is 37.6 Å². The number of likely N-dealkylation sites (tertiary alicyclic amines) is 1. The van der Waals surface area contributed by atoms with Gasteiger partial charge in [0.1, 0.15) is 0 Å². The van der Waals surface area contributed by atoms with E-state index in [1.54, 1.807) is 0 Å². The average Bonchev–Trinajstić information content (AvgIpc) is 3.65. The van der Waals surface area contributed by atoms with Crippen molar-refractivity contribution in [3.8, 4) is 5.69 Å². The van der Waals surface area contributed by atoms with Gasteiger partial charge in [0.2, 0.25) is 0 Å². The van der Waals surface area contributed by atoms with Gasteiger partial charge in [0.15, 0.2) is 5.84 Å². The van der Waals surface area contributed by atoms with Gasteiger partial charge in [-0.2, -0.15) is 5.10 Å². The molecule has 1 aliphatic carbocycles. The number of benzene rings is 1. The maximum absolute atomic E-state index is 13.0. The molecule has 1 aliphatic heterocycles. The van der Waals surface area contributed by atoms with Crippen LogP contribution in [0, 0.1) is 5.92 Å². The number of hydrazine groups is 1. The fourth-order valence-electron chi connectivity index (χ4n) is 4.91. The molecule has 2 amide bonds. The number of carbonyl (C=O) groups is 1. The summed E-state index contributed by atoms with van der Waals surface area (Å²) in [6.45, 7) is 1.36. The highest BCUT2D eigenvalue weighted by Crippen LogP contribution is 2.36. The molecule has 1 unspecified atom stereocenters. The van der Waals surface area contributed by atoms with Gasteiger partial charge < -0.3 is 26.1 Å². The lowest BCUT2D eigenvalue weighted by Crippen LogP contribution is -2.55. The molecule has 6 N–H and O–H groups in total. The summed E-state index contributed by atoms with van der Waals surface area (Å²) in [5.74, 6) is 12.1. The Labute approximate surface area is 203 Å². The highest BCUT2D eigenvalue weighted by molar-refractivity contribution is 6.30. The second-order valence-corrected chi connectivity index (χ2v) is 9.44. The lowest BCUT2D eigenvalue weighted by Gasteiger charge is -2.33. The zero-order valence-corrected chi connectivity index (χ0v) is 19.6. The molecule has 0 radical (unpaired) electrons. The standard InChI is InChI=1S/C24H29ClN8O/c25-17-3-5-18(6-4-17)33-14-20(19-7-10-28-13-21(19)33)15-8-11-32(12-9-15)24(34)29-22(16-1-2-16)23(30-26)31-27/h3-7,10,13-16,22H,1-2,8-9,11-12,26-27H2,(H,29,34)(H,30,31). The second kappa shape index (κ2) is 9.52. The molecular weight excluding hydrogens is 452 g/mol. The van der Waals surface area contributed by atoms with E-state index in [-0.39, 0.29) is 12.1 Å². The number of amidine groups is 1. The highest BCUT2D eigenvalue weighted by Gasteiger charge is 2.37. The van der Waals surface area contributed by atoms with Crippen molar-refractivity contribution in [3.05, 3.63) is 59.5 Å². The van der Waals surface area contributed by atoms with Crippen molar-refractivity contribution < 1.29 is 4.79 Å². The summed E-state index contributed by atoms with van der Waals surface area (Å²) in [6, 6.07) is 9.51. The van der Waals surface area contributed by atoms with Crippen LogP contribution in [0.3, 0.4) is 0 Å². The smallest absolute Gasteiger partial charge is 0.317 e. The molecule has 1 saturated carbocycles. The number of urea groups is 1. The Bertz CT molecular complexity index is 1200. The van der Waals surface area contributed by atoms with E-state index in [2.05, 4.69) is 37.7 Å². The molecule has 1 atom stereocenters. The number of halogens is 1. The van der Waals surface area contributed by atoms with Crippen LogP contribution in [-0.4, -0.2) is 45.4 Å². The number of piperidine rings is 1. The number of fused-ring (bicyclic) bond motifs is 1. The Morgan fingerprint density at radius 2 is 1.88 bits per heavy atom. The molecule has 1 aromatic carbocycles. The molecule has 2 aliphatic rings. The molecule has 10 heteroatoms. The van der Waals surface area contributed by atoms with Gasteiger partial charge in [-0.1, -0.05) is 11.6 Å². The van der Waals surface area contributed by atoms with E-state index in [1.165, 1.54) is 10.9 Å². The third kappa shape index (κ3) is 4.41. The SMILES string of the molecule is N/N=C(\NN)C(NC(=O)N1CCC(c2cn(-c3ccc(Cl)cc3)c3cnccc23)CC1)C1CC1. The van der Waals surface area contributed by atoms with Crippen molar-refractivity contribution in [1.82, 2.24) is 25.2 Å². The minimum Gasteiger partial charge on any atom is -0.328 e. The van der Waals surface area contributed by atoms with Gasteiger partial charge in [0.05, 0.1) is 17.8 Å². The molecule has 178 valence electrons. The molecule has 0 spiro atoms. The van der Waals surface area contributed by atoms with Crippen molar-refractivity contribution in [3.63, 3.8) is 0 Å². The number of rotatable bonds is 5. The van der Waals surface area contributed by atoms with Gasteiger partial charge in [-0.15, -0.1) is 0 Å². The number of pyridine rings is 1. The van der Waals surface area contributed by atoms with Crippen LogP contribution in [0.1, 0.15) is 37.2 Å². The summed E-state index contributed by atoms with van der Waals surface area (Å²) in [4.78, 5) is 19.2. The van der Waals surface area contributed by atoms with E-state index < -0.39 is 0 Å². The number of nitrogens with zero attached hydrogens (tertiary/aromatic N) is 4. The monoisotopic (exact) mass is 480 g/mol. The molecule has 1 saturated heterocycles. The Kier molecular flexibility index (Phi) is 6.30. The van der Waals surface area contributed by atoms with Gasteiger partial charge >= 0.3 is 6.03 Å². The normalized spacial score (nSPS) is 18.2. The highest BCUT2D eigenvalue weighted by atomic mass is 35.5. The van der Waals surface area contributed by atoms with Crippen molar-refractivity contribution in [2.75, 3.05) is 13.1 Å². The summed E-state index contributed by atoms with van der Waals surface area (Å²) in [6.07, 6.45) is 9.76. The van der Waals surface area contributed by atoms with Gasteiger partial charge in [-0.3, -0.25) is 4.98 Å². The average molecular weight is 481 g/mol. The first-order valence-electron chi connectivity index (χ1n) is 11.6. The van der Waals surface area contributed by atoms with E-state index in [0.29, 0.717) is 35.8 Å². The van der Waals surface area contributed by atoms with Crippen LogP contribution in [0.5, 0.6) is 0 Å². The lowest BCUT2D eigenvalue weighted by atomic mass is 9.89. The van der Waals surface area contributed by atoms with Crippen LogP contribution in [0.25, 0.3) is 16.6 Å². The number of aromatic nitrogens is 2. The van der Waals surface area contributed by atoms with Crippen LogP contribution in [0.2, 0.25) is 5.02 Å². The number of hydrogen-bond donors (Lipinski definition) is 4. The van der Waals surface area contributed by atoms with Crippen molar-refractivity contribution >= 4 is 34.4 Å². The second-order valence-electron chi connectivity index (χ2n) is 9.01. The molecule has 0 bridgehead atoms. The van der Waals surface area contributed by atoms with E-state index in [0.717, 1.165) is 36.9 Å². The fourth-order valence-corrected chi connectivity index (χ4v) is 5.03. The number of hydrogen-bond acceptors (Lipinski definition) is 5.